The Morgan fingerprint density at radius 3 is 2.44 bits per heavy atom. The second-order valence-corrected chi connectivity index (χ2v) is 12.7. The minimum atomic E-state index is -0.593. The fourth-order valence-electron chi connectivity index (χ4n) is 5.27. The van der Waals surface area contributed by atoms with Gasteiger partial charge in [-0.1, -0.05) is 29.3 Å². The molecule has 0 aliphatic carbocycles. The molecule has 0 saturated carbocycles. The molecule has 2 amide bonds. The molecule has 2 aliphatic rings. The Kier molecular flexibility index (Phi) is 8.32. The SMILES string of the molecule is C[C@@H]1CN(C(=O)OC(C)(C)C)[C@@H](C)CN1c1ccc(Nc2ncc3c(n2)N(C)CN(c2c(Cl)cccc2Cl)C3=O)cc1F. The van der Waals surface area contributed by atoms with Crippen molar-refractivity contribution < 1.29 is 18.7 Å². The number of benzene rings is 2. The van der Waals surface area contributed by atoms with Gasteiger partial charge < -0.3 is 24.8 Å². The van der Waals surface area contributed by atoms with Crippen LogP contribution in [0, 0.1) is 5.82 Å². The first-order valence-corrected chi connectivity index (χ1v) is 14.7. The number of hydrogen-bond acceptors (Lipinski definition) is 8. The van der Waals surface area contributed by atoms with Gasteiger partial charge in [0.15, 0.2) is 0 Å². The molecule has 13 heteroatoms. The van der Waals surface area contributed by atoms with E-state index >= 15 is 4.39 Å². The monoisotopic (exact) mass is 629 g/mol. The summed E-state index contributed by atoms with van der Waals surface area (Å²) in [5.74, 6) is -0.125. The Balaban J connectivity index is 1.31. The highest BCUT2D eigenvalue weighted by Crippen LogP contribution is 2.38. The highest BCUT2D eigenvalue weighted by Gasteiger charge is 2.36. The third kappa shape index (κ3) is 6.28. The Morgan fingerprint density at radius 1 is 1.09 bits per heavy atom. The van der Waals surface area contributed by atoms with Gasteiger partial charge in [0, 0.05) is 44.1 Å². The lowest BCUT2D eigenvalue weighted by Crippen LogP contribution is -2.59. The molecule has 0 unspecified atom stereocenters. The van der Waals surface area contributed by atoms with E-state index in [2.05, 4.69) is 15.3 Å². The number of para-hydroxylation sites is 1. The van der Waals surface area contributed by atoms with Gasteiger partial charge in [-0.25, -0.2) is 14.2 Å². The van der Waals surface area contributed by atoms with Crippen LogP contribution in [0.25, 0.3) is 0 Å². The Bertz CT molecular complexity index is 1550. The fraction of sp³-hybridized carbons (Fsp3) is 0.400. The molecule has 1 fully saturated rings. The van der Waals surface area contributed by atoms with Crippen LogP contribution < -0.4 is 20.0 Å². The summed E-state index contributed by atoms with van der Waals surface area (Å²) in [7, 11) is 1.79. The van der Waals surface area contributed by atoms with Crippen molar-refractivity contribution >= 4 is 64.0 Å². The van der Waals surface area contributed by atoms with Crippen LogP contribution >= 0.6 is 23.2 Å². The molecule has 2 aliphatic heterocycles. The molecule has 2 aromatic carbocycles. The van der Waals surface area contributed by atoms with E-state index in [1.54, 1.807) is 47.2 Å². The molecule has 3 heterocycles. The van der Waals surface area contributed by atoms with Crippen molar-refractivity contribution in [3.63, 3.8) is 0 Å². The number of anilines is 5. The molecule has 1 N–H and O–H groups in total. The second kappa shape index (κ2) is 11.7. The normalized spacial score (nSPS) is 19.0. The fourth-order valence-corrected chi connectivity index (χ4v) is 5.87. The van der Waals surface area contributed by atoms with Crippen molar-refractivity contribution in [2.45, 2.75) is 52.3 Å². The van der Waals surface area contributed by atoms with E-state index in [0.717, 1.165) is 0 Å². The van der Waals surface area contributed by atoms with Crippen LogP contribution in [0.4, 0.5) is 38.0 Å². The molecule has 3 aromatic rings. The number of halogens is 3. The summed E-state index contributed by atoms with van der Waals surface area (Å²) in [4.78, 5) is 41.8. The van der Waals surface area contributed by atoms with Crippen LogP contribution in [-0.2, 0) is 4.74 Å². The minimum Gasteiger partial charge on any atom is -0.444 e. The molecule has 10 nitrogen and oxygen atoms in total. The number of piperazine rings is 1. The van der Waals surface area contributed by atoms with Crippen LogP contribution in [0.2, 0.25) is 10.0 Å². The highest BCUT2D eigenvalue weighted by molar-refractivity contribution is 6.40. The van der Waals surface area contributed by atoms with Gasteiger partial charge in [0.1, 0.15) is 22.8 Å². The van der Waals surface area contributed by atoms with Crippen molar-refractivity contribution in [2.24, 2.45) is 0 Å². The van der Waals surface area contributed by atoms with Crippen molar-refractivity contribution in [3.8, 4) is 0 Å². The maximum absolute atomic E-state index is 15.5. The maximum atomic E-state index is 15.5. The van der Waals surface area contributed by atoms with Crippen LogP contribution in [0.3, 0.4) is 0 Å². The zero-order valence-corrected chi connectivity index (χ0v) is 26.4. The van der Waals surface area contributed by atoms with E-state index in [1.165, 1.54) is 17.2 Å². The first kappa shape index (κ1) is 30.6. The summed E-state index contributed by atoms with van der Waals surface area (Å²) in [6, 6.07) is 9.58. The van der Waals surface area contributed by atoms with Gasteiger partial charge in [-0.3, -0.25) is 9.69 Å². The molecule has 0 radical (unpaired) electrons. The number of carbonyl (C=O) groups excluding carboxylic acids is 2. The molecule has 0 spiro atoms. The van der Waals surface area contributed by atoms with E-state index in [4.69, 9.17) is 27.9 Å². The Morgan fingerprint density at radius 2 is 1.79 bits per heavy atom. The second-order valence-electron chi connectivity index (χ2n) is 11.8. The van der Waals surface area contributed by atoms with E-state index < -0.39 is 11.4 Å². The van der Waals surface area contributed by atoms with Crippen LogP contribution in [0.1, 0.15) is 45.0 Å². The first-order valence-electron chi connectivity index (χ1n) is 13.9. The van der Waals surface area contributed by atoms with E-state index in [9.17, 15) is 9.59 Å². The van der Waals surface area contributed by atoms with Crippen LogP contribution in [-0.4, -0.2) is 71.4 Å². The topological polar surface area (TPSA) is 94.1 Å². The molecule has 1 aromatic heterocycles. The number of fused-ring (bicyclic) bond motifs is 1. The standard InChI is InChI=1S/C30H34Cl2FN7O3/c1-17-15-39(29(42)43-30(3,4)5)18(2)14-38(17)24-11-10-19(12-23(24)33)35-28-34-13-20-26(36-28)37(6)16-40(27(20)41)25-21(31)8-7-9-22(25)32/h7-13,17-18H,14-16H2,1-6H3,(H,34,35,36)/t17-,18+/m1/s1. The molecular formula is C30H34Cl2FN7O3. The lowest BCUT2D eigenvalue weighted by atomic mass is 10.1. The van der Waals surface area contributed by atoms with Crippen LogP contribution in [0.15, 0.2) is 42.6 Å². The average molecular weight is 631 g/mol. The molecule has 2 atom stereocenters. The van der Waals surface area contributed by atoms with E-state index in [0.29, 0.717) is 46.0 Å². The summed E-state index contributed by atoms with van der Waals surface area (Å²) in [6.45, 7) is 10.4. The number of rotatable bonds is 4. The van der Waals surface area contributed by atoms with Gasteiger partial charge in [-0.05, 0) is 65.0 Å². The summed E-state index contributed by atoms with van der Waals surface area (Å²) in [5, 5.41) is 3.76. The van der Waals surface area contributed by atoms with Gasteiger partial charge in [0.2, 0.25) is 5.95 Å². The molecule has 228 valence electrons. The number of nitrogens with zero attached hydrogens (tertiary/aromatic N) is 6. The summed E-state index contributed by atoms with van der Waals surface area (Å²) < 4.78 is 21.0. The van der Waals surface area contributed by atoms with Gasteiger partial charge in [-0.15, -0.1) is 0 Å². The number of nitrogens with one attached hydrogen (secondary N) is 1. The van der Waals surface area contributed by atoms with Crippen molar-refractivity contribution in [2.75, 3.05) is 46.8 Å². The van der Waals surface area contributed by atoms with Gasteiger partial charge >= 0.3 is 6.09 Å². The third-order valence-corrected chi connectivity index (χ3v) is 7.90. The molecular weight excluding hydrogens is 596 g/mol. The lowest BCUT2D eigenvalue weighted by Gasteiger charge is -2.45. The van der Waals surface area contributed by atoms with Crippen molar-refractivity contribution in [1.29, 1.82) is 0 Å². The average Bonchev–Trinajstić information content (AvgIpc) is 2.91. The first-order chi connectivity index (χ1) is 20.2. The number of carbonyl (C=O) groups is 2. The quantitative estimate of drug-likeness (QED) is 0.347. The zero-order valence-electron chi connectivity index (χ0n) is 24.9. The molecule has 1 saturated heterocycles. The Labute approximate surface area is 260 Å². The Hall–Kier alpha value is -3.83. The number of ether oxygens (including phenoxy) is 1. The van der Waals surface area contributed by atoms with Crippen molar-refractivity contribution in [3.05, 3.63) is 64.0 Å². The number of amides is 2. The minimum absolute atomic E-state index is 0.130. The predicted octanol–water partition coefficient (Wildman–Crippen LogP) is 6.55. The summed E-state index contributed by atoms with van der Waals surface area (Å²) in [6.07, 6.45) is 1.06. The van der Waals surface area contributed by atoms with E-state index in [-0.39, 0.29) is 42.3 Å². The van der Waals surface area contributed by atoms with Gasteiger partial charge in [-0.2, -0.15) is 4.98 Å². The lowest BCUT2D eigenvalue weighted by molar-refractivity contribution is 0.0130. The predicted molar refractivity (Wildman–Crippen MR) is 167 cm³/mol. The summed E-state index contributed by atoms with van der Waals surface area (Å²) in [5.41, 5.74) is 0.989. The molecule has 5 rings (SSSR count). The zero-order chi connectivity index (χ0) is 31.2. The van der Waals surface area contributed by atoms with Gasteiger partial charge in [0.25, 0.3) is 5.91 Å². The largest absolute Gasteiger partial charge is 0.444 e. The number of aromatic nitrogens is 2. The maximum Gasteiger partial charge on any atom is 0.410 e. The van der Waals surface area contributed by atoms with Crippen molar-refractivity contribution in [1.82, 2.24) is 14.9 Å². The third-order valence-electron chi connectivity index (χ3n) is 7.29. The molecule has 43 heavy (non-hydrogen) atoms. The van der Waals surface area contributed by atoms with E-state index in [1.807, 2.05) is 39.5 Å². The summed E-state index contributed by atoms with van der Waals surface area (Å²) >= 11 is 12.7. The molecule has 0 bridgehead atoms. The highest BCUT2D eigenvalue weighted by atomic mass is 35.5. The van der Waals surface area contributed by atoms with Crippen LogP contribution in [0.5, 0.6) is 0 Å². The number of hydrogen-bond donors (Lipinski definition) is 1. The van der Waals surface area contributed by atoms with Gasteiger partial charge in [0.05, 0.1) is 28.1 Å². The smallest absolute Gasteiger partial charge is 0.410 e.